The summed E-state index contributed by atoms with van der Waals surface area (Å²) < 4.78 is 26.4. The maximum atomic E-state index is 12.8. The minimum Gasteiger partial charge on any atom is -0.295 e. The Kier molecular flexibility index (Phi) is 3.38. The molecule has 0 bridgehead atoms. The molecule has 1 aliphatic rings. The number of anilines is 2. The summed E-state index contributed by atoms with van der Waals surface area (Å²) in [6, 6.07) is 10.4. The van der Waals surface area contributed by atoms with Gasteiger partial charge in [0.15, 0.2) is 0 Å². The van der Waals surface area contributed by atoms with Gasteiger partial charge in [0.2, 0.25) is 0 Å². The minimum atomic E-state index is -3.95. The van der Waals surface area contributed by atoms with Gasteiger partial charge in [0, 0.05) is 12.1 Å². The van der Waals surface area contributed by atoms with Crippen molar-refractivity contribution in [1.29, 1.82) is 0 Å². The highest BCUT2D eigenvalue weighted by Crippen LogP contribution is 2.37. The minimum absolute atomic E-state index is 0.107. The van der Waals surface area contributed by atoms with Gasteiger partial charge >= 0.3 is 6.03 Å². The number of hydrogen-bond acceptors (Lipinski definition) is 3. The van der Waals surface area contributed by atoms with E-state index >= 15 is 0 Å². The summed E-state index contributed by atoms with van der Waals surface area (Å²) >= 11 is 5.82. The zero-order chi connectivity index (χ0) is 16.1. The third-order valence-corrected chi connectivity index (χ3v) is 5.52. The molecule has 5 nitrogen and oxygen atoms in total. The first-order chi connectivity index (χ1) is 10.3. The molecule has 0 fully saturated rings. The number of sulfonamides is 1. The molecule has 0 atom stereocenters. The van der Waals surface area contributed by atoms with Crippen molar-refractivity contribution in [3.63, 3.8) is 0 Å². The van der Waals surface area contributed by atoms with Crippen LogP contribution in [-0.4, -0.2) is 21.5 Å². The number of carbonyl (C=O) groups is 1. The van der Waals surface area contributed by atoms with Crippen LogP contribution in [0.15, 0.2) is 47.4 Å². The van der Waals surface area contributed by atoms with Gasteiger partial charge in [-0.2, -0.15) is 4.31 Å². The van der Waals surface area contributed by atoms with Crippen molar-refractivity contribution in [3.05, 3.63) is 53.1 Å². The summed E-state index contributed by atoms with van der Waals surface area (Å²) in [4.78, 5) is 14.0. The molecule has 2 amide bonds. The Morgan fingerprint density at radius 2 is 1.68 bits per heavy atom. The van der Waals surface area contributed by atoms with Crippen LogP contribution < -0.4 is 9.21 Å². The third kappa shape index (κ3) is 2.15. The van der Waals surface area contributed by atoms with E-state index in [1.54, 1.807) is 31.3 Å². The van der Waals surface area contributed by atoms with Crippen molar-refractivity contribution >= 4 is 39.0 Å². The van der Waals surface area contributed by atoms with Crippen LogP contribution in [0.4, 0.5) is 16.2 Å². The van der Waals surface area contributed by atoms with Crippen molar-refractivity contribution in [2.24, 2.45) is 0 Å². The van der Waals surface area contributed by atoms with Crippen LogP contribution in [0, 0.1) is 6.92 Å². The summed E-state index contributed by atoms with van der Waals surface area (Å²) in [5.41, 5.74) is 1.52. The van der Waals surface area contributed by atoms with Crippen LogP contribution >= 0.6 is 11.6 Å². The number of benzene rings is 2. The van der Waals surface area contributed by atoms with E-state index in [-0.39, 0.29) is 10.6 Å². The molecule has 22 heavy (non-hydrogen) atoms. The number of halogens is 1. The summed E-state index contributed by atoms with van der Waals surface area (Å²) in [7, 11) is -2.39. The van der Waals surface area contributed by atoms with E-state index in [2.05, 4.69) is 0 Å². The highest BCUT2D eigenvalue weighted by atomic mass is 35.5. The summed E-state index contributed by atoms with van der Waals surface area (Å²) in [6.07, 6.45) is 0. The van der Waals surface area contributed by atoms with Gasteiger partial charge in [0.1, 0.15) is 4.90 Å². The number of hydrogen-bond donors (Lipinski definition) is 0. The lowest BCUT2D eigenvalue weighted by molar-refractivity contribution is 0.255. The van der Waals surface area contributed by atoms with Gasteiger partial charge in [0.05, 0.1) is 11.4 Å². The molecule has 114 valence electrons. The number of amides is 2. The molecule has 3 rings (SSSR count). The smallest absolute Gasteiger partial charge is 0.295 e. The normalized spacial score (nSPS) is 16.6. The van der Waals surface area contributed by atoms with E-state index in [0.717, 1.165) is 9.87 Å². The zero-order valence-electron chi connectivity index (χ0n) is 11.9. The Morgan fingerprint density at radius 1 is 1.05 bits per heavy atom. The van der Waals surface area contributed by atoms with E-state index in [4.69, 9.17) is 11.6 Å². The summed E-state index contributed by atoms with van der Waals surface area (Å²) in [5, 5.41) is 0.468. The molecular formula is C15H13ClN2O3S. The standard InChI is InChI=1S/C15H13ClN2O3S/c1-10-3-8-14-13(9-10)17(2)15(19)18(22(14,20)21)12-6-4-11(16)5-7-12/h3-9H,1-2H3. The number of carbonyl (C=O) groups excluding carboxylic acids is 1. The highest BCUT2D eigenvalue weighted by molar-refractivity contribution is 7.94. The van der Waals surface area contributed by atoms with Crippen LogP contribution in [0.5, 0.6) is 0 Å². The van der Waals surface area contributed by atoms with Gasteiger partial charge < -0.3 is 0 Å². The second kappa shape index (κ2) is 5.00. The molecule has 7 heteroatoms. The fourth-order valence-electron chi connectivity index (χ4n) is 2.37. The lowest BCUT2D eigenvalue weighted by Gasteiger charge is -2.34. The quantitative estimate of drug-likeness (QED) is 0.801. The van der Waals surface area contributed by atoms with Gasteiger partial charge in [0.25, 0.3) is 10.0 Å². The fourth-order valence-corrected chi connectivity index (χ4v) is 4.12. The monoisotopic (exact) mass is 336 g/mol. The number of fused-ring (bicyclic) bond motifs is 1. The molecule has 0 aliphatic carbocycles. The van der Waals surface area contributed by atoms with Crippen LogP contribution in [-0.2, 0) is 10.0 Å². The van der Waals surface area contributed by atoms with Crippen LogP contribution in [0.3, 0.4) is 0 Å². The Bertz CT molecular complexity index is 863. The van der Waals surface area contributed by atoms with Gasteiger partial charge in [-0.25, -0.2) is 13.2 Å². The molecule has 2 aromatic carbocycles. The predicted octanol–water partition coefficient (Wildman–Crippen LogP) is 3.41. The highest BCUT2D eigenvalue weighted by Gasteiger charge is 2.40. The van der Waals surface area contributed by atoms with Crippen molar-refractivity contribution < 1.29 is 13.2 Å². The Hall–Kier alpha value is -2.05. The maximum absolute atomic E-state index is 12.8. The molecule has 0 spiro atoms. The maximum Gasteiger partial charge on any atom is 0.342 e. The number of rotatable bonds is 1. The van der Waals surface area contributed by atoms with Gasteiger partial charge in [-0.05, 0) is 48.9 Å². The molecule has 2 aromatic rings. The average molecular weight is 337 g/mol. The van der Waals surface area contributed by atoms with E-state index < -0.39 is 16.1 Å². The zero-order valence-corrected chi connectivity index (χ0v) is 13.5. The lowest BCUT2D eigenvalue weighted by atomic mass is 10.2. The van der Waals surface area contributed by atoms with E-state index in [1.165, 1.54) is 23.1 Å². The van der Waals surface area contributed by atoms with E-state index in [0.29, 0.717) is 10.7 Å². The van der Waals surface area contributed by atoms with Crippen molar-refractivity contribution in [2.45, 2.75) is 11.8 Å². The second-order valence-electron chi connectivity index (χ2n) is 5.06. The molecule has 1 heterocycles. The lowest BCUT2D eigenvalue weighted by Crippen LogP contribution is -2.49. The van der Waals surface area contributed by atoms with Gasteiger partial charge in [-0.3, -0.25) is 4.90 Å². The van der Waals surface area contributed by atoms with Gasteiger partial charge in [-0.1, -0.05) is 17.7 Å². The fraction of sp³-hybridized carbons (Fsp3) is 0.133. The first-order valence-corrected chi connectivity index (χ1v) is 8.33. The second-order valence-corrected chi connectivity index (χ2v) is 7.25. The topological polar surface area (TPSA) is 57.7 Å². The van der Waals surface area contributed by atoms with Crippen molar-refractivity contribution in [1.82, 2.24) is 0 Å². The molecule has 0 radical (unpaired) electrons. The van der Waals surface area contributed by atoms with Crippen LogP contribution in [0.25, 0.3) is 0 Å². The predicted molar refractivity (Wildman–Crippen MR) is 86.1 cm³/mol. The van der Waals surface area contributed by atoms with E-state index in [9.17, 15) is 13.2 Å². The molecule has 0 unspecified atom stereocenters. The molecule has 0 saturated heterocycles. The molecule has 0 aromatic heterocycles. The van der Waals surface area contributed by atoms with E-state index in [1.807, 2.05) is 6.92 Å². The summed E-state index contributed by atoms with van der Waals surface area (Å²) in [6.45, 7) is 1.84. The van der Waals surface area contributed by atoms with Crippen molar-refractivity contribution in [3.8, 4) is 0 Å². The first-order valence-electron chi connectivity index (χ1n) is 6.51. The molecule has 0 N–H and O–H groups in total. The Labute approximate surface area is 133 Å². The SMILES string of the molecule is Cc1ccc2c(c1)N(C)C(=O)N(c1ccc(Cl)cc1)S2(=O)=O. The Morgan fingerprint density at radius 3 is 2.32 bits per heavy atom. The number of nitrogens with zero attached hydrogens (tertiary/aromatic N) is 2. The van der Waals surface area contributed by atoms with Gasteiger partial charge in [-0.15, -0.1) is 0 Å². The van der Waals surface area contributed by atoms with Crippen LogP contribution in [0.2, 0.25) is 5.02 Å². The summed E-state index contributed by atoms with van der Waals surface area (Å²) in [5.74, 6) is 0. The Balaban J connectivity index is 2.23. The molecular weight excluding hydrogens is 324 g/mol. The molecule has 0 saturated carbocycles. The average Bonchev–Trinajstić information content (AvgIpc) is 2.47. The first kappa shape index (κ1) is 14.9. The molecule has 1 aliphatic heterocycles. The van der Waals surface area contributed by atoms with Crippen molar-refractivity contribution in [2.75, 3.05) is 16.3 Å². The number of urea groups is 1. The third-order valence-electron chi connectivity index (χ3n) is 3.52. The number of aryl methyl sites for hydroxylation is 1. The largest absolute Gasteiger partial charge is 0.342 e. The van der Waals surface area contributed by atoms with Crippen LogP contribution in [0.1, 0.15) is 5.56 Å².